The van der Waals surface area contributed by atoms with Crippen LogP contribution in [0.2, 0.25) is 0 Å². The predicted octanol–water partition coefficient (Wildman–Crippen LogP) is 3.02. The van der Waals surface area contributed by atoms with Gasteiger partial charge in [-0.25, -0.2) is 9.97 Å². The van der Waals surface area contributed by atoms with Gasteiger partial charge in [-0.2, -0.15) is 0 Å². The fraction of sp³-hybridized carbons (Fsp3) is 0.389. The molecule has 0 aliphatic rings. The first-order valence-electron chi connectivity index (χ1n) is 8.20. The minimum absolute atomic E-state index is 0.180. The largest absolute Gasteiger partial charge is 0.497 e. The summed E-state index contributed by atoms with van der Waals surface area (Å²) in [6, 6.07) is 7.79. The Morgan fingerprint density at radius 3 is 2.54 bits per heavy atom. The second-order valence-electron chi connectivity index (χ2n) is 5.45. The first-order valence-corrected chi connectivity index (χ1v) is 8.20. The molecule has 6 nitrogen and oxygen atoms in total. The van der Waals surface area contributed by atoms with Crippen LogP contribution in [0.25, 0.3) is 0 Å². The summed E-state index contributed by atoms with van der Waals surface area (Å²) in [6.07, 6.45) is 6.29. The number of nitrogens with zero attached hydrogens (tertiary/aromatic N) is 2. The molecule has 0 bridgehead atoms. The molecule has 0 unspecified atom stereocenters. The van der Waals surface area contributed by atoms with Crippen molar-refractivity contribution in [3.63, 3.8) is 0 Å². The van der Waals surface area contributed by atoms with Crippen molar-refractivity contribution in [2.24, 2.45) is 0 Å². The highest BCUT2D eigenvalue weighted by Gasteiger charge is 2.07. The first-order chi connectivity index (χ1) is 11.7. The van der Waals surface area contributed by atoms with Gasteiger partial charge in [0.15, 0.2) is 0 Å². The number of hydrogen-bond acceptors (Lipinski definition) is 5. The summed E-state index contributed by atoms with van der Waals surface area (Å²) in [5, 5.41) is 6.03. The monoisotopic (exact) mass is 328 g/mol. The molecule has 1 amide bonds. The van der Waals surface area contributed by atoms with Gasteiger partial charge in [-0.15, -0.1) is 0 Å². The quantitative estimate of drug-likeness (QED) is 0.692. The topological polar surface area (TPSA) is 76.1 Å². The van der Waals surface area contributed by atoms with Crippen molar-refractivity contribution in [2.45, 2.75) is 32.7 Å². The summed E-state index contributed by atoms with van der Waals surface area (Å²) in [6.45, 7) is 3.43. The number of aromatic nitrogens is 2. The van der Waals surface area contributed by atoms with Gasteiger partial charge < -0.3 is 15.4 Å². The fourth-order valence-electron chi connectivity index (χ4n) is 2.14. The molecule has 0 atom stereocenters. The van der Waals surface area contributed by atoms with E-state index in [1.165, 1.54) is 6.20 Å². The Kier molecular flexibility index (Phi) is 7.01. The molecule has 0 aliphatic heterocycles. The van der Waals surface area contributed by atoms with Crippen LogP contribution in [0.3, 0.4) is 0 Å². The number of hydrogen-bond donors (Lipinski definition) is 2. The average molecular weight is 328 g/mol. The number of carbonyl (C=O) groups excluding carboxylic acids is 1. The summed E-state index contributed by atoms with van der Waals surface area (Å²) in [5.41, 5.74) is 1.44. The molecule has 2 aromatic rings. The molecule has 2 N–H and O–H groups in total. The molecule has 128 valence electrons. The maximum atomic E-state index is 11.9. The lowest BCUT2D eigenvalue weighted by Gasteiger charge is -2.07. The number of anilines is 1. The molecule has 0 fully saturated rings. The Labute approximate surface area is 142 Å². The number of rotatable bonds is 9. The SMILES string of the molecule is CCCCCNC(=O)c1cnc(NCc2ccc(OC)cc2)cn1. The van der Waals surface area contributed by atoms with E-state index in [4.69, 9.17) is 4.74 Å². The van der Waals surface area contributed by atoms with Gasteiger partial charge in [-0.1, -0.05) is 31.9 Å². The maximum absolute atomic E-state index is 11.9. The molecule has 0 spiro atoms. The van der Waals surface area contributed by atoms with Crippen molar-refractivity contribution in [1.29, 1.82) is 0 Å². The van der Waals surface area contributed by atoms with Crippen molar-refractivity contribution < 1.29 is 9.53 Å². The zero-order chi connectivity index (χ0) is 17.2. The molecule has 2 rings (SSSR count). The zero-order valence-corrected chi connectivity index (χ0v) is 14.2. The van der Waals surface area contributed by atoms with E-state index < -0.39 is 0 Å². The molecule has 1 aromatic heterocycles. The number of unbranched alkanes of at least 4 members (excludes halogenated alkanes) is 2. The first kappa shape index (κ1) is 17.7. The van der Waals surface area contributed by atoms with Gasteiger partial charge in [0.25, 0.3) is 5.91 Å². The van der Waals surface area contributed by atoms with Crippen LogP contribution in [-0.2, 0) is 6.54 Å². The van der Waals surface area contributed by atoms with Gasteiger partial charge in [-0.3, -0.25) is 4.79 Å². The van der Waals surface area contributed by atoms with Crippen LogP contribution in [0.4, 0.5) is 5.82 Å². The van der Waals surface area contributed by atoms with Gasteiger partial charge in [0.2, 0.25) is 0 Å². The molecule has 0 aliphatic carbocycles. The van der Waals surface area contributed by atoms with Crippen LogP contribution >= 0.6 is 0 Å². The molecule has 6 heteroatoms. The second-order valence-corrected chi connectivity index (χ2v) is 5.45. The smallest absolute Gasteiger partial charge is 0.271 e. The van der Waals surface area contributed by atoms with Crippen LogP contribution in [0, 0.1) is 0 Å². The fourth-order valence-corrected chi connectivity index (χ4v) is 2.14. The average Bonchev–Trinajstić information content (AvgIpc) is 2.64. The summed E-state index contributed by atoms with van der Waals surface area (Å²) >= 11 is 0. The summed E-state index contributed by atoms with van der Waals surface area (Å²) in [4.78, 5) is 20.3. The highest BCUT2D eigenvalue weighted by molar-refractivity contribution is 5.91. The number of benzene rings is 1. The van der Waals surface area contributed by atoms with Crippen molar-refractivity contribution in [3.8, 4) is 5.75 Å². The van der Waals surface area contributed by atoms with Crippen molar-refractivity contribution >= 4 is 11.7 Å². The third-order valence-electron chi connectivity index (χ3n) is 3.58. The Morgan fingerprint density at radius 2 is 1.92 bits per heavy atom. The summed E-state index contributed by atoms with van der Waals surface area (Å²) in [5.74, 6) is 1.28. The summed E-state index contributed by atoms with van der Waals surface area (Å²) < 4.78 is 5.13. The van der Waals surface area contributed by atoms with Gasteiger partial charge in [-0.05, 0) is 24.1 Å². The Morgan fingerprint density at radius 1 is 1.12 bits per heavy atom. The summed E-state index contributed by atoms with van der Waals surface area (Å²) in [7, 11) is 1.64. The number of amides is 1. The molecule has 1 aromatic carbocycles. The van der Waals surface area contributed by atoms with E-state index in [-0.39, 0.29) is 5.91 Å². The van der Waals surface area contributed by atoms with Crippen molar-refractivity contribution in [2.75, 3.05) is 19.0 Å². The normalized spacial score (nSPS) is 10.2. The molecular weight excluding hydrogens is 304 g/mol. The van der Waals surface area contributed by atoms with E-state index in [0.29, 0.717) is 24.6 Å². The van der Waals surface area contributed by atoms with Crippen LogP contribution in [-0.4, -0.2) is 29.5 Å². The lowest BCUT2D eigenvalue weighted by molar-refractivity contribution is 0.0947. The van der Waals surface area contributed by atoms with Crippen LogP contribution in [0.5, 0.6) is 5.75 Å². The van der Waals surface area contributed by atoms with Gasteiger partial charge >= 0.3 is 0 Å². The van der Waals surface area contributed by atoms with E-state index in [2.05, 4.69) is 27.5 Å². The minimum atomic E-state index is -0.180. The van der Waals surface area contributed by atoms with Crippen LogP contribution in [0.1, 0.15) is 42.2 Å². The van der Waals surface area contributed by atoms with E-state index in [1.54, 1.807) is 13.3 Å². The predicted molar refractivity (Wildman–Crippen MR) is 94.2 cm³/mol. The third-order valence-corrected chi connectivity index (χ3v) is 3.58. The Balaban J connectivity index is 1.81. The Hall–Kier alpha value is -2.63. The maximum Gasteiger partial charge on any atom is 0.271 e. The van der Waals surface area contributed by atoms with Crippen LogP contribution < -0.4 is 15.4 Å². The van der Waals surface area contributed by atoms with E-state index >= 15 is 0 Å². The van der Waals surface area contributed by atoms with Gasteiger partial charge in [0.1, 0.15) is 17.3 Å². The second kappa shape index (κ2) is 9.50. The third kappa shape index (κ3) is 5.53. The van der Waals surface area contributed by atoms with Crippen molar-refractivity contribution in [1.82, 2.24) is 15.3 Å². The van der Waals surface area contributed by atoms with Crippen LogP contribution in [0.15, 0.2) is 36.7 Å². The zero-order valence-electron chi connectivity index (χ0n) is 14.2. The highest BCUT2D eigenvalue weighted by atomic mass is 16.5. The molecule has 0 saturated heterocycles. The molecular formula is C18H24N4O2. The number of carbonyl (C=O) groups is 1. The number of ether oxygens (including phenoxy) is 1. The molecule has 24 heavy (non-hydrogen) atoms. The van der Waals surface area contributed by atoms with E-state index in [1.807, 2.05) is 24.3 Å². The molecule has 1 heterocycles. The minimum Gasteiger partial charge on any atom is -0.497 e. The number of methoxy groups -OCH3 is 1. The lowest BCUT2D eigenvalue weighted by atomic mass is 10.2. The molecule has 0 radical (unpaired) electrons. The van der Waals surface area contributed by atoms with E-state index in [0.717, 1.165) is 30.6 Å². The Bertz CT molecular complexity index is 626. The van der Waals surface area contributed by atoms with Gasteiger partial charge in [0, 0.05) is 13.1 Å². The van der Waals surface area contributed by atoms with Crippen molar-refractivity contribution in [3.05, 3.63) is 47.9 Å². The van der Waals surface area contributed by atoms with E-state index in [9.17, 15) is 4.79 Å². The molecule has 0 saturated carbocycles. The lowest BCUT2D eigenvalue weighted by Crippen LogP contribution is -2.25. The highest BCUT2D eigenvalue weighted by Crippen LogP contribution is 2.12. The standard InChI is InChI=1S/C18H24N4O2/c1-3-4-5-10-19-18(23)16-12-22-17(13-20-16)21-11-14-6-8-15(24-2)9-7-14/h6-9,12-13H,3-5,10-11H2,1-2H3,(H,19,23)(H,21,22). The van der Waals surface area contributed by atoms with Gasteiger partial charge in [0.05, 0.1) is 19.5 Å². The number of nitrogens with one attached hydrogen (secondary N) is 2.